The highest BCUT2D eigenvalue weighted by Crippen LogP contribution is 2.28. The minimum Gasteiger partial charge on any atom is -0.493 e. The summed E-state index contributed by atoms with van der Waals surface area (Å²) in [7, 11) is 1.43. The standard InChI is InChI=1S/C20H24N4O4S/c1-12(2)13-4-7-15(8-5-13)22-20(29)24-23-19(26)14-6-9-16(17(10-14)27-3)28-11-18(21)25/h4-10,12H,11H2,1-3H3,(H2,21,25)(H,23,26)(H2,22,24,29). The van der Waals surface area contributed by atoms with Gasteiger partial charge in [-0.25, -0.2) is 0 Å². The smallest absolute Gasteiger partial charge is 0.269 e. The Labute approximate surface area is 174 Å². The predicted molar refractivity (Wildman–Crippen MR) is 115 cm³/mol. The summed E-state index contributed by atoms with van der Waals surface area (Å²) in [4.78, 5) is 23.2. The van der Waals surface area contributed by atoms with E-state index in [1.165, 1.54) is 30.9 Å². The van der Waals surface area contributed by atoms with Gasteiger partial charge in [0, 0.05) is 11.3 Å². The second-order valence-electron chi connectivity index (χ2n) is 6.43. The largest absolute Gasteiger partial charge is 0.493 e. The third-order valence-electron chi connectivity index (χ3n) is 3.92. The average Bonchev–Trinajstić information content (AvgIpc) is 2.70. The maximum absolute atomic E-state index is 12.3. The number of thiocarbonyl (C=S) groups is 1. The van der Waals surface area contributed by atoms with Gasteiger partial charge in [0.05, 0.1) is 7.11 Å². The second-order valence-corrected chi connectivity index (χ2v) is 6.84. The van der Waals surface area contributed by atoms with Crippen molar-refractivity contribution in [2.24, 2.45) is 5.73 Å². The van der Waals surface area contributed by atoms with Crippen LogP contribution >= 0.6 is 12.2 Å². The number of nitrogens with one attached hydrogen (secondary N) is 3. The van der Waals surface area contributed by atoms with Crippen LogP contribution in [0.4, 0.5) is 5.69 Å². The highest BCUT2D eigenvalue weighted by atomic mass is 32.1. The molecular formula is C20H24N4O4S. The van der Waals surface area contributed by atoms with Crippen molar-refractivity contribution < 1.29 is 19.1 Å². The summed E-state index contributed by atoms with van der Waals surface area (Å²) in [6.45, 7) is 3.95. The van der Waals surface area contributed by atoms with Gasteiger partial charge in [-0.1, -0.05) is 26.0 Å². The van der Waals surface area contributed by atoms with E-state index in [0.29, 0.717) is 23.0 Å². The number of rotatable bonds is 7. The molecule has 2 aromatic rings. The molecule has 0 atom stereocenters. The molecule has 0 fully saturated rings. The summed E-state index contributed by atoms with van der Waals surface area (Å²) in [6.07, 6.45) is 0. The van der Waals surface area contributed by atoms with Crippen LogP contribution in [0.1, 0.15) is 35.7 Å². The molecule has 0 heterocycles. The number of methoxy groups -OCH3 is 1. The molecule has 29 heavy (non-hydrogen) atoms. The minimum absolute atomic E-state index is 0.240. The Morgan fingerprint density at radius 3 is 2.34 bits per heavy atom. The lowest BCUT2D eigenvalue weighted by Crippen LogP contribution is -2.43. The van der Waals surface area contributed by atoms with Crippen molar-refractivity contribution in [2.75, 3.05) is 19.0 Å². The lowest BCUT2D eigenvalue weighted by atomic mass is 10.0. The number of nitrogens with two attached hydrogens (primary N) is 1. The molecule has 0 aliphatic carbocycles. The number of hydrazine groups is 1. The van der Waals surface area contributed by atoms with Gasteiger partial charge in [-0.05, 0) is 54.0 Å². The molecule has 2 aromatic carbocycles. The Morgan fingerprint density at radius 2 is 1.76 bits per heavy atom. The van der Waals surface area contributed by atoms with Crippen molar-refractivity contribution in [3.8, 4) is 11.5 Å². The van der Waals surface area contributed by atoms with Crippen LogP contribution in [0, 0.1) is 0 Å². The van der Waals surface area contributed by atoms with Crippen molar-refractivity contribution >= 4 is 34.8 Å². The van der Waals surface area contributed by atoms with Crippen LogP contribution in [0.2, 0.25) is 0 Å². The number of hydrogen-bond acceptors (Lipinski definition) is 5. The molecule has 0 bridgehead atoms. The number of primary amides is 1. The molecule has 2 amide bonds. The van der Waals surface area contributed by atoms with E-state index in [1.54, 1.807) is 0 Å². The number of carbonyl (C=O) groups is 2. The van der Waals surface area contributed by atoms with Gasteiger partial charge in [-0.15, -0.1) is 0 Å². The maximum atomic E-state index is 12.3. The van der Waals surface area contributed by atoms with Crippen molar-refractivity contribution in [1.82, 2.24) is 10.9 Å². The van der Waals surface area contributed by atoms with Gasteiger partial charge in [0.15, 0.2) is 23.2 Å². The first-order valence-corrected chi connectivity index (χ1v) is 9.27. The van der Waals surface area contributed by atoms with E-state index >= 15 is 0 Å². The third kappa shape index (κ3) is 6.65. The fraction of sp³-hybridized carbons (Fsp3) is 0.250. The van der Waals surface area contributed by atoms with Crippen LogP contribution in [0.3, 0.4) is 0 Å². The van der Waals surface area contributed by atoms with Crippen LogP contribution in [-0.4, -0.2) is 30.6 Å². The lowest BCUT2D eigenvalue weighted by molar-refractivity contribution is -0.119. The van der Waals surface area contributed by atoms with Gasteiger partial charge in [-0.2, -0.15) is 0 Å². The molecule has 0 aromatic heterocycles. The summed E-state index contributed by atoms with van der Waals surface area (Å²) >= 11 is 5.19. The lowest BCUT2D eigenvalue weighted by Gasteiger charge is -2.14. The summed E-state index contributed by atoms with van der Waals surface area (Å²) < 4.78 is 10.4. The second kappa shape index (κ2) is 10.3. The molecule has 0 saturated heterocycles. The molecule has 0 spiro atoms. The molecular weight excluding hydrogens is 392 g/mol. The normalized spacial score (nSPS) is 10.2. The first kappa shape index (κ1) is 22.0. The zero-order valence-electron chi connectivity index (χ0n) is 16.4. The third-order valence-corrected chi connectivity index (χ3v) is 4.12. The van der Waals surface area contributed by atoms with E-state index < -0.39 is 11.8 Å². The molecule has 8 nitrogen and oxygen atoms in total. The zero-order valence-corrected chi connectivity index (χ0v) is 17.3. The first-order chi connectivity index (χ1) is 13.8. The van der Waals surface area contributed by atoms with E-state index in [-0.39, 0.29) is 11.7 Å². The topological polar surface area (TPSA) is 115 Å². The van der Waals surface area contributed by atoms with E-state index in [4.69, 9.17) is 27.4 Å². The highest BCUT2D eigenvalue weighted by Gasteiger charge is 2.12. The number of carbonyl (C=O) groups excluding carboxylic acids is 2. The predicted octanol–water partition coefficient (Wildman–Crippen LogP) is 2.31. The fourth-order valence-corrected chi connectivity index (χ4v) is 2.55. The van der Waals surface area contributed by atoms with Crippen molar-refractivity contribution in [2.45, 2.75) is 19.8 Å². The molecule has 0 aliphatic rings. The van der Waals surface area contributed by atoms with Gasteiger partial charge >= 0.3 is 0 Å². The summed E-state index contributed by atoms with van der Waals surface area (Å²) in [5, 5.41) is 3.23. The van der Waals surface area contributed by atoms with Gasteiger partial charge in [-0.3, -0.25) is 20.4 Å². The van der Waals surface area contributed by atoms with Crippen LogP contribution in [0.5, 0.6) is 11.5 Å². The van der Waals surface area contributed by atoms with Crippen LogP contribution < -0.4 is 31.4 Å². The molecule has 154 valence electrons. The minimum atomic E-state index is -0.613. The van der Waals surface area contributed by atoms with Gasteiger partial charge in [0.1, 0.15) is 0 Å². The Morgan fingerprint density at radius 1 is 1.07 bits per heavy atom. The van der Waals surface area contributed by atoms with Crippen LogP contribution in [-0.2, 0) is 4.79 Å². The van der Waals surface area contributed by atoms with E-state index in [9.17, 15) is 9.59 Å². The fourth-order valence-electron chi connectivity index (χ4n) is 2.38. The summed E-state index contributed by atoms with van der Waals surface area (Å²) in [5.74, 6) is 0.00246. The zero-order chi connectivity index (χ0) is 21.4. The van der Waals surface area contributed by atoms with Crippen LogP contribution in [0.15, 0.2) is 42.5 Å². The molecule has 0 unspecified atom stereocenters. The molecule has 0 aliphatic heterocycles. The number of hydrogen-bond donors (Lipinski definition) is 4. The maximum Gasteiger partial charge on any atom is 0.269 e. The number of benzene rings is 2. The molecule has 0 radical (unpaired) electrons. The van der Waals surface area contributed by atoms with Crippen molar-refractivity contribution in [1.29, 1.82) is 0 Å². The van der Waals surface area contributed by atoms with Gasteiger partial charge < -0.3 is 20.5 Å². The Bertz CT molecular complexity index is 885. The van der Waals surface area contributed by atoms with E-state index in [1.807, 2.05) is 24.3 Å². The molecule has 0 saturated carbocycles. The number of amides is 2. The quantitative estimate of drug-likeness (QED) is 0.404. The Kier molecular flexibility index (Phi) is 7.79. The van der Waals surface area contributed by atoms with E-state index in [0.717, 1.165) is 5.69 Å². The average molecular weight is 417 g/mol. The van der Waals surface area contributed by atoms with Crippen molar-refractivity contribution in [3.63, 3.8) is 0 Å². The van der Waals surface area contributed by atoms with Crippen LogP contribution in [0.25, 0.3) is 0 Å². The molecule has 9 heteroatoms. The number of anilines is 1. The summed E-state index contributed by atoms with van der Waals surface area (Å²) in [5.41, 5.74) is 12.5. The monoisotopic (exact) mass is 416 g/mol. The first-order valence-electron chi connectivity index (χ1n) is 8.86. The Hall–Kier alpha value is -3.33. The molecule has 2 rings (SSSR count). The van der Waals surface area contributed by atoms with Crippen molar-refractivity contribution in [3.05, 3.63) is 53.6 Å². The van der Waals surface area contributed by atoms with Gasteiger partial charge in [0.2, 0.25) is 0 Å². The molecule has 5 N–H and O–H groups in total. The van der Waals surface area contributed by atoms with Gasteiger partial charge in [0.25, 0.3) is 11.8 Å². The van der Waals surface area contributed by atoms with E-state index in [2.05, 4.69) is 30.0 Å². The highest BCUT2D eigenvalue weighted by molar-refractivity contribution is 7.80. The number of ether oxygens (including phenoxy) is 2. The summed E-state index contributed by atoms with van der Waals surface area (Å²) in [6, 6.07) is 12.4. The SMILES string of the molecule is COc1cc(C(=O)NNC(=S)Nc2ccc(C(C)C)cc2)ccc1OCC(N)=O. The Balaban J connectivity index is 1.92.